The predicted octanol–water partition coefficient (Wildman–Crippen LogP) is 3.30. The first kappa shape index (κ1) is 23.5. The van der Waals surface area contributed by atoms with E-state index in [-0.39, 0.29) is 5.78 Å². The van der Waals surface area contributed by atoms with Crippen LogP contribution in [0.3, 0.4) is 0 Å². The van der Waals surface area contributed by atoms with Gasteiger partial charge >= 0.3 is 0 Å². The molecule has 7 heteroatoms. The normalized spacial score (nSPS) is 23.9. The number of carbonyl (C=O) groups excluding carboxylic acids is 1. The predicted molar refractivity (Wildman–Crippen MR) is 124 cm³/mol. The van der Waals surface area contributed by atoms with Gasteiger partial charge in [-0.15, -0.1) is 0 Å². The van der Waals surface area contributed by atoms with E-state index >= 15 is 0 Å². The van der Waals surface area contributed by atoms with Gasteiger partial charge in [-0.3, -0.25) is 9.69 Å². The monoisotopic (exact) mass is 445 g/mol. The number of aromatic nitrogens is 1. The van der Waals surface area contributed by atoms with Crippen LogP contribution in [0.1, 0.15) is 50.5 Å². The number of methoxy groups -OCH3 is 2. The maximum atomic E-state index is 12.3. The van der Waals surface area contributed by atoms with Crippen LogP contribution in [0.4, 0.5) is 5.82 Å². The number of hydrogen-bond donors (Lipinski definition) is 0. The zero-order valence-electron chi connectivity index (χ0n) is 19.8. The number of rotatable bonds is 10. The van der Waals surface area contributed by atoms with Crippen LogP contribution in [-0.2, 0) is 20.7 Å². The largest absolute Gasteiger partial charge is 0.493 e. The van der Waals surface area contributed by atoms with E-state index in [4.69, 9.17) is 14.2 Å². The second-order valence-electron chi connectivity index (χ2n) is 9.56. The van der Waals surface area contributed by atoms with Gasteiger partial charge in [-0.05, 0) is 43.7 Å². The molecule has 7 nitrogen and oxygen atoms in total. The number of piperazine rings is 1. The van der Waals surface area contributed by atoms with E-state index in [9.17, 15) is 4.79 Å². The highest BCUT2D eigenvalue weighted by molar-refractivity contribution is 5.79. The van der Waals surface area contributed by atoms with Crippen LogP contribution in [0, 0.1) is 11.8 Å². The summed E-state index contributed by atoms with van der Waals surface area (Å²) in [5.41, 5.74) is 1.29. The van der Waals surface area contributed by atoms with Crippen molar-refractivity contribution in [3.05, 3.63) is 17.8 Å². The summed E-state index contributed by atoms with van der Waals surface area (Å²) in [6.07, 6.45) is 9.67. The minimum Gasteiger partial charge on any atom is -0.493 e. The second kappa shape index (κ2) is 11.4. The molecule has 0 radical (unpaired) electrons. The highest BCUT2D eigenvalue weighted by Crippen LogP contribution is 2.34. The molecule has 0 unspecified atom stereocenters. The second-order valence-corrected chi connectivity index (χ2v) is 9.56. The molecular weight excluding hydrogens is 406 g/mol. The van der Waals surface area contributed by atoms with Gasteiger partial charge < -0.3 is 19.1 Å². The summed E-state index contributed by atoms with van der Waals surface area (Å²) < 4.78 is 16.0. The molecule has 1 aliphatic carbocycles. The fourth-order valence-electron chi connectivity index (χ4n) is 5.50. The molecule has 2 aliphatic heterocycles. The van der Waals surface area contributed by atoms with Gasteiger partial charge in [0.1, 0.15) is 17.4 Å². The molecule has 0 spiro atoms. The van der Waals surface area contributed by atoms with E-state index in [0.717, 1.165) is 56.7 Å². The van der Waals surface area contributed by atoms with E-state index < -0.39 is 6.29 Å². The van der Waals surface area contributed by atoms with E-state index in [0.29, 0.717) is 18.8 Å². The van der Waals surface area contributed by atoms with Gasteiger partial charge in [0.15, 0.2) is 6.29 Å². The summed E-state index contributed by atoms with van der Waals surface area (Å²) in [7, 11) is 3.18. The minimum atomic E-state index is -0.397. The smallest absolute Gasteiger partial charge is 0.163 e. The summed E-state index contributed by atoms with van der Waals surface area (Å²) in [5.74, 6) is 3.77. The zero-order chi connectivity index (χ0) is 22.3. The number of carbonyl (C=O) groups is 1. The van der Waals surface area contributed by atoms with Crippen LogP contribution in [0.2, 0.25) is 0 Å². The summed E-state index contributed by atoms with van der Waals surface area (Å²) in [5, 5.41) is 0. The molecule has 0 amide bonds. The summed E-state index contributed by atoms with van der Waals surface area (Å²) in [6, 6.07) is 1.99. The first-order valence-electron chi connectivity index (χ1n) is 12.3. The number of hydrogen-bond acceptors (Lipinski definition) is 7. The Balaban J connectivity index is 1.13. The Morgan fingerprint density at radius 1 is 1.12 bits per heavy atom. The lowest BCUT2D eigenvalue weighted by Crippen LogP contribution is -2.47. The van der Waals surface area contributed by atoms with Gasteiger partial charge in [0.2, 0.25) is 0 Å². The third kappa shape index (κ3) is 6.00. The molecule has 32 heavy (non-hydrogen) atoms. The van der Waals surface area contributed by atoms with Crippen LogP contribution in [0.5, 0.6) is 5.75 Å². The lowest BCUT2D eigenvalue weighted by Gasteiger charge is -2.37. The molecule has 1 aromatic rings. The van der Waals surface area contributed by atoms with Crippen molar-refractivity contribution in [2.45, 2.75) is 57.7 Å². The Morgan fingerprint density at radius 2 is 1.84 bits per heavy atom. The third-order valence-corrected chi connectivity index (χ3v) is 7.53. The fourth-order valence-corrected chi connectivity index (χ4v) is 5.50. The van der Waals surface area contributed by atoms with Crippen molar-refractivity contribution in [1.29, 1.82) is 0 Å². The molecule has 3 aliphatic rings. The number of anilines is 1. The molecule has 3 heterocycles. The van der Waals surface area contributed by atoms with Crippen molar-refractivity contribution in [2.24, 2.45) is 11.8 Å². The highest BCUT2D eigenvalue weighted by Gasteiger charge is 2.27. The number of ketones is 1. The van der Waals surface area contributed by atoms with E-state index in [1.165, 1.54) is 44.2 Å². The molecule has 4 rings (SSSR count). The molecule has 0 aromatic carbocycles. The van der Waals surface area contributed by atoms with Crippen LogP contribution in [0.25, 0.3) is 0 Å². The van der Waals surface area contributed by atoms with Crippen molar-refractivity contribution in [1.82, 2.24) is 9.88 Å². The number of fused-ring (bicyclic) bond motifs is 1. The third-order valence-electron chi connectivity index (χ3n) is 7.53. The molecule has 0 atom stereocenters. The number of Topliss-reactive ketones (excluding diaryl/α,β-unsaturated/α-hetero) is 1. The highest BCUT2D eigenvalue weighted by atomic mass is 16.7. The topological polar surface area (TPSA) is 64.1 Å². The van der Waals surface area contributed by atoms with Crippen molar-refractivity contribution >= 4 is 11.6 Å². The number of nitrogens with zero attached hydrogens (tertiary/aromatic N) is 3. The first-order valence-corrected chi connectivity index (χ1v) is 12.3. The quantitative estimate of drug-likeness (QED) is 0.512. The molecule has 2 fully saturated rings. The summed E-state index contributed by atoms with van der Waals surface area (Å²) in [4.78, 5) is 22.0. The van der Waals surface area contributed by atoms with Crippen LogP contribution >= 0.6 is 0 Å². The average Bonchev–Trinajstić information content (AvgIpc) is 3.31. The lowest BCUT2D eigenvalue weighted by molar-refractivity contribution is -0.138. The molecule has 0 bridgehead atoms. The maximum absolute atomic E-state index is 12.3. The number of ether oxygens (including phenoxy) is 3. The molecule has 1 saturated heterocycles. The first-order chi connectivity index (χ1) is 15.7. The van der Waals surface area contributed by atoms with Gasteiger partial charge in [0, 0.05) is 65.0 Å². The van der Waals surface area contributed by atoms with Gasteiger partial charge in [0.05, 0.1) is 13.0 Å². The maximum Gasteiger partial charge on any atom is 0.163 e. The lowest BCUT2D eigenvalue weighted by atomic mass is 9.78. The van der Waals surface area contributed by atoms with E-state index in [1.807, 2.05) is 12.3 Å². The molecule has 1 saturated carbocycles. The summed E-state index contributed by atoms with van der Waals surface area (Å²) in [6.45, 7) is 6.27. The zero-order valence-corrected chi connectivity index (χ0v) is 19.8. The Hall–Kier alpha value is -1.70. The Bertz CT molecular complexity index is 739. The standard InChI is InChI=1S/C25H39N3O4/c1-30-24(31-2)18-21(29)17-20-5-3-19(4-6-20)8-11-27-12-14-28(15-13-27)25-22-9-16-32-23(22)7-10-26-25/h7,10,19-20,24H,3-6,8-9,11-18H2,1-2H3. The summed E-state index contributed by atoms with van der Waals surface area (Å²) >= 11 is 0. The van der Waals surface area contributed by atoms with E-state index in [2.05, 4.69) is 14.8 Å². The van der Waals surface area contributed by atoms with Gasteiger partial charge in [-0.1, -0.05) is 12.8 Å². The van der Waals surface area contributed by atoms with Crippen LogP contribution in [0.15, 0.2) is 12.3 Å². The van der Waals surface area contributed by atoms with Crippen molar-refractivity contribution < 1.29 is 19.0 Å². The fraction of sp³-hybridized carbons (Fsp3) is 0.760. The SMILES string of the molecule is COC(CC(=O)CC1CCC(CCN2CCN(c3nccc4c3CCO4)CC2)CC1)OC. The Labute approximate surface area is 192 Å². The van der Waals surface area contributed by atoms with Gasteiger partial charge in [0.25, 0.3) is 0 Å². The van der Waals surface area contributed by atoms with Crippen LogP contribution < -0.4 is 9.64 Å². The van der Waals surface area contributed by atoms with Crippen molar-refractivity contribution in [2.75, 3.05) is 58.5 Å². The van der Waals surface area contributed by atoms with Gasteiger partial charge in [-0.2, -0.15) is 0 Å². The Morgan fingerprint density at radius 3 is 2.56 bits per heavy atom. The van der Waals surface area contributed by atoms with Crippen molar-refractivity contribution in [3.8, 4) is 5.75 Å². The molecular formula is C25H39N3O4. The molecule has 1 aromatic heterocycles. The van der Waals surface area contributed by atoms with E-state index in [1.54, 1.807) is 14.2 Å². The molecule has 178 valence electrons. The number of pyridine rings is 1. The Kier molecular flexibility index (Phi) is 8.38. The minimum absolute atomic E-state index is 0.269. The molecule has 0 N–H and O–H groups in total. The van der Waals surface area contributed by atoms with Crippen LogP contribution in [-0.4, -0.2) is 75.5 Å². The average molecular weight is 446 g/mol. The van der Waals surface area contributed by atoms with Gasteiger partial charge in [-0.25, -0.2) is 4.98 Å². The van der Waals surface area contributed by atoms with Crippen molar-refractivity contribution in [3.63, 3.8) is 0 Å².